The van der Waals surface area contributed by atoms with Crippen molar-refractivity contribution in [2.24, 2.45) is 5.92 Å². The van der Waals surface area contributed by atoms with Crippen LogP contribution in [0, 0.1) is 5.92 Å². The van der Waals surface area contributed by atoms with E-state index in [2.05, 4.69) is 22.3 Å². The van der Waals surface area contributed by atoms with Gasteiger partial charge in [-0.05, 0) is 24.8 Å². The molecule has 0 bridgehead atoms. The third-order valence-electron chi connectivity index (χ3n) is 4.36. The van der Waals surface area contributed by atoms with E-state index in [0.717, 1.165) is 43.6 Å². The molecule has 0 unspecified atom stereocenters. The number of benzene rings is 1. The lowest BCUT2D eigenvalue weighted by atomic mass is 9.98. The van der Waals surface area contributed by atoms with E-state index in [0.29, 0.717) is 12.8 Å². The van der Waals surface area contributed by atoms with Crippen LogP contribution in [0.5, 0.6) is 11.5 Å². The fourth-order valence-electron chi connectivity index (χ4n) is 3.31. The molecule has 4 rings (SSSR count). The van der Waals surface area contributed by atoms with E-state index >= 15 is 0 Å². The molecule has 0 radical (unpaired) electrons. The zero-order valence-corrected chi connectivity index (χ0v) is 13.5. The van der Waals surface area contributed by atoms with Crippen molar-refractivity contribution in [2.45, 2.75) is 18.9 Å². The Morgan fingerprint density at radius 3 is 2.57 bits per heavy atom. The molecule has 2 aliphatic heterocycles. The predicted molar refractivity (Wildman–Crippen MR) is 87.0 cm³/mol. The second kappa shape index (κ2) is 7.05. The third-order valence-corrected chi connectivity index (χ3v) is 4.36. The highest BCUT2D eigenvalue weighted by Gasteiger charge is 2.39. The fraction of sp³-hybridized carbons (Fsp3) is 0.600. The zero-order chi connectivity index (χ0) is 12.7. The molecule has 1 N–H and O–H groups in total. The van der Waals surface area contributed by atoms with Crippen LogP contribution in [0.15, 0.2) is 18.2 Å². The van der Waals surface area contributed by atoms with E-state index in [1.807, 2.05) is 6.07 Å². The molecular weight excluding hydrogens is 311 g/mol. The topological polar surface area (TPSA) is 33.7 Å². The van der Waals surface area contributed by atoms with Crippen molar-refractivity contribution in [2.75, 3.05) is 33.0 Å². The van der Waals surface area contributed by atoms with Crippen molar-refractivity contribution >= 4 is 24.8 Å². The van der Waals surface area contributed by atoms with Gasteiger partial charge in [0, 0.05) is 37.8 Å². The SMILES string of the molecule is Cl.Cl.c1cc2c(c([C@H](C3CC3)N3CCNCC3)c1)OCO2. The Morgan fingerprint density at radius 1 is 1.10 bits per heavy atom. The molecule has 6 heteroatoms. The van der Waals surface area contributed by atoms with Crippen LogP contribution < -0.4 is 14.8 Å². The van der Waals surface area contributed by atoms with Gasteiger partial charge in [0.25, 0.3) is 0 Å². The Kier molecular flexibility index (Phi) is 5.60. The molecule has 4 nitrogen and oxygen atoms in total. The molecular formula is C15H22Cl2N2O2. The highest BCUT2D eigenvalue weighted by Crippen LogP contribution is 2.49. The van der Waals surface area contributed by atoms with Crippen molar-refractivity contribution < 1.29 is 9.47 Å². The summed E-state index contributed by atoms with van der Waals surface area (Å²) in [5.41, 5.74) is 1.33. The lowest BCUT2D eigenvalue weighted by Gasteiger charge is -2.35. The number of nitrogens with zero attached hydrogens (tertiary/aromatic N) is 1. The second-order valence-corrected chi connectivity index (χ2v) is 5.65. The number of nitrogens with one attached hydrogen (secondary N) is 1. The van der Waals surface area contributed by atoms with E-state index in [1.165, 1.54) is 18.4 Å². The molecule has 0 aromatic heterocycles. The first-order valence-electron chi connectivity index (χ1n) is 7.27. The summed E-state index contributed by atoms with van der Waals surface area (Å²) in [7, 11) is 0. The third kappa shape index (κ3) is 3.24. The van der Waals surface area contributed by atoms with Crippen LogP contribution in [0.2, 0.25) is 0 Å². The number of hydrogen-bond donors (Lipinski definition) is 1. The zero-order valence-electron chi connectivity index (χ0n) is 11.9. The molecule has 0 spiro atoms. The van der Waals surface area contributed by atoms with Crippen molar-refractivity contribution in [1.29, 1.82) is 0 Å². The van der Waals surface area contributed by atoms with E-state index < -0.39 is 0 Å². The molecule has 1 aliphatic carbocycles. The van der Waals surface area contributed by atoms with Gasteiger partial charge in [-0.3, -0.25) is 4.90 Å². The van der Waals surface area contributed by atoms with Crippen LogP contribution in [0.1, 0.15) is 24.4 Å². The molecule has 1 saturated carbocycles. The van der Waals surface area contributed by atoms with Gasteiger partial charge in [-0.1, -0.05) is 12.1 Å². The molecule has 1 aromatic carbocycles. The van der Waals surface area contributed by atoms with Crippen LogP contribution in [-0.4, -0.2) is 37.9 Å². The standard InChI is InChI=1S/C15H20N2O2.2ClH/c1-2-12(15-13(3-1)18-10-19-15)14(11-4-5-11)17-8-6-16-7-9-17;;/h1-3,11,14,16H,4-10H2;2*1H/t14-;;/m0../s1. The minimum Gasteiger partial charge on any atom is -0.454 e. The number of halogens is 2. The van der Waals surface area contributed by atoms with Crippen LogP contribution in [-0.2, 0) is 0 Å². The van der Waals surface area contributed by atoms with E-state index in [-0.39, 0.29) is 24.8 Å². The van der Waals surface area contributed by atoms with E-state index in [9.17, 15) is 0 Å². The molecule has 118 valence electrons. The summed E-state index contributed by atoms with van der Waals surface area (Å²) >= 11 is 0. The Balaban J connectivity index is 0.000000807. The highest BCUT2D eigenvalue weighted by atomic mass is 35.5. The number of rotatable bonds is 3. The van der Waals surface area contributed by atoms with Gasteiger partial charge in [0.1, 0.15) is 0 Å². The van der Waals surface area contributed by atoms with Gasteiger partial charge in [0.15, 0.2) is 11.5 Å². The van der Waals surface area contributed by atoms with E-state index in [4.69, 9.17) is 9.47 Å². The van der Waals surface area contributed by atoms with Crippen LogP contribution >= 0.6 is 24.8 Å². The van der Waals surface area contributed by atoms with E-state index in [1.54, 1.807) is 0 Å². The largest absolute Gasteiger partial charge is 0.454 e. The van der Waals surface area contributed by atoms with Gasteiger partial charge in [-0.2, -0.15) is 0 Å². The molecule has 21 heavy (non-hydrogen) atoms. The number of piperazine rings is 1. The molecule has 2 fully saturated rings. The van der Waals surface area contributed by atoms with Crippen LogP contribution in [0.4, 0.5) is 0 Å². The molecule has 1 aromatic rings. The monoisotopic (exact) mass is 332 g/mol. The smallest absolute Gasteiger partial charge is 0.231 e. The minimum absolute atomic E-state index is 0. The van der Waals surface area contributed by atoms with Gasteiger partial charge in [-0.15, -0.1) is 24.8 Å². The van der Waals surface area contributed by atoms with Gasteiger partial charge in [0.05, 0.1) is 0 Å². The number of fused-ring (bicyclic) bond motifs is 1. The lowest BCUT2D eigenvalue weighted by Crippen LogP contribution is -2.45. The molecule has 2 heterocycles. The maximum atomic E-state index is 5.71. The van der Waals surface area contributed by atoms with Gasteiger partial charge in [-0.25, -0.2) is 0 Å². The number of para-hydroxylation sites is 1. The van der Waals surface area contributed by atoms with Gasteiger partial charge < -0.3 is 14.8 Å². The maximum Gasteiger partial charge on any atom is 0.231 e. The summed E-state index contributed by atoms with van der Waals surface area (Å²) in [5, 5.41) is 3.44. The summed E-state index contributed by atoms with van der Waals surface area (Å²) in [5.74, 6) is 2.70. The second-order valence-electron chi connectivity index (χ2n) is 5.65. The molecule has 1 saturated heterocycles. The Morgan fingerprint density at radius 2 is 1.86 bits per heavy atom. The quantitative estimate of drug-likeness (QED) is 0.922. The average molecular weight is 333 g/mol. The Bertz CT molecular complexity index is 477. The van der Waals surface area contributed by atoms with Crippen LogP contribution in [0.25, 0.3) is 0 Å². The molecule has 1 atom stereocenters. The summed E-state index contributed by atoms with van der Waals surface area (Å²) < 4.78 is 11.2. The predicted octanol–water partition coefficient (Wildman–Crippen LogP) is 2.62. The van der Waals surface area contributed by atoms with Gasteiger partial charge >= 0.3 is 0 Å². The summed E-state index contributed by atoms with van der Waals surface area (Å²) in [6.45, 7) is 4.81. The normalized spacial score (nSPS) is 22.1. The average Bonchev–Trinajstić information content (AvgIpc) is 3.17. The maximum absolute atomic E-state index is 5.71. The summed E-state index contributed by atoms with van der Waals surface area (Å²) in [4.78, 5) is 2.62. The lowest BCUT2D eigenvalue weighted by molar-refractivity contribution is 0.147. The van der Waals surface area contributed by atoms with Crippen molar-refractivity contribution in [3.05, 3.63) is 23.8 Å². The number of hydrogen-bond acceptors (Lipinski definition) is 4. The van der Waals surface area contributed by atoms with Crippen molar-refractivity contribution in [1.82, 2.24) is 10.2 Å². The number of ether oxygens (including phenoxy) is 2. The first-order valence-corrected chi connectivity index (χ1v) is 7.27. The van der Waals surface area contributed by atoms with Crippen molar-refractivity contribution in [3.8, 4) is 11.5 Å². The minimum atomic E-state index is 0. The molecule has 0 amide bonds. The molecule has 3 aliphatic rings. The van der Waals surface area contributed by atoms with Gasteiger partial charge in [0.2, 0.25) is 6.79 Å². The summed E-state index contributed by atoms with van der Waals surface area (Å²) in [6.07, 6.45) is 2.69. The Hall–Kier alpha value is -0.680. The van der Waals surface area contributed by atoms with Crippen LogP contribution in [0.3, 0.4) is 0 Å². The fourth-order valence-corrected chi connectivity index (χ4v) is 3.31. The Labute approximate surface area is 138 Å². The summed E-state index contributed by atoms with van der Waals surface area (Å²) in [6, 6.07) is 6.84. The first kappa shape index (κ1) is 16.7. The first-order chi connectivity index (χ1) is 9.43. The highest BCUT2D eigenvalue weighted by molar-refractivity contribution is 5.85. The van der Waals surface area contributed by atoms with Crippen molar-refractivity contribution in [3.63, 3.8) is 0 Å².